The molecule has 0 spiro atoms. The lowest BCUT2D eigenvalue weighted by Crippen LogP contribution is -2.47. The van der Waals surface area contributed by atoms with Crippen LogP contribution in [0.5, 0.6) is 0 Å². The molecule has 2 rings (SSSR count). The van der Waals surface area contributed by atoms with E-state index in [0.717, 1.165) is 37.4 Å². The molecule has 0 aliphatic carbocycles. The molecule has 1 atom stereocenters. The van der Waals surface area contributed by atoms with Crippen molar-refractivity contribution in [3.63, 3.8) is 0 Å². The average Bonchev–Trinajstić information content (AvgIpc) is 2.88. The first-order valence-corrected chi connectivity index (χ1v) is 9.38. The highest BCUT2D eigenvalue weighted by atomic mass is 32.2. The summed E-state index contributed by atoms with van der Waals surface area (Å²) in [6.07, 6.45) is 1.97. The van der Waals surface area contributed by atoms with Gasteiger partial charge < -0.3 is 10.2 Å². The van der Waals surface area contributed by atoms with E-state index in [2.05, 4.69) is 21.9 Å². The molecule has 7 heteroatoms. The van der Waals surface area contributed by atoms with Crippen molar-refractivity contribution < 1.29 is 8.42 Å². The summed E-state index contributed by atoms with van der Waals surface area (Å²) in [5.41, 5.74) is 0. The minimum Gasteiger partial charge on any atom is -0.315 e. The number of likely N-dealkylation sites (tertiary alicyclic amines) is 1. The number of hydrogen-bond donors (Lipinski definition) is 2. The predicted molar refractivity (Wildman–Crippen MR) is 82.5 cm³/mol. The minimum atomic E-state index is -3.41. The lowest BCUT2D eigenvalue weighted by atomic mass is 10.1. The molecule has 1 unspecified atom stereocenters. The Bertz CT molecular complexity index is 527. The molecule has 1 aliphatic rings. The first-order valence-electron chi connectivity index (χ1n) is 7.02. The number of nitrogens with zero attached hydrogens (tertiary/aromatic N) is 1. The van der Waals surface area contributed by atoms with Crippen LogP contribution in [0.25, 0.3) is 0 Å². The fraction of sp³-hybridized carbons (Fsp3) is 0.692. The zero-order chi connectivity index (χ0) is 14.6. The molecule has 1 fully saturated rings. The topological polar surface area (TPSA) is 61.4 Å². The van der Waals surface area contributed by atoms with Crippen LogP contribution in [0.15, 0.2) is 16.3 Å². The van der Waals surface area contributed by atoms with Gasteiger partial charge in [0.2, 0.25) is 10.0 Å². The molecule has 0 aromatic carbocycles. The van der Waals surface area contributed by atoms with Crippen molar-refractivity contribution in [2.45, 2.75) is 37.2 Å². The second-order valence-electron chi connectivity index (χ2n) is 5.09. The number of sulfonamides is 1. The zero-order valence-electron chi connectivity index (χ0n) is 12.1. The molecule has 1 aliphatic heterocycles. The summed E-state index contributed by atoms with van der Waals surface area (Å²) < 4.78 is 27.9. The van der Waals surface area contributed by atoms with Gasteiger partial charge in [0.25, 0.3) is 0 Å². The van der Waals surface area contributed by atoms with E-state index < -0.39 is 10.0 Å². The minimum absolute atomic E-state index is 0.0241. The molecule has 114 valence electrons. The van der Waals surface area contributed by atoms with Gasteiger partial charge in [-0.25, -0.2) is 13.1 Å². The lowest BCUT2D eigenvalue weighted by molar-refractivity contribution is 0.211. The normalized spacial score (nSPS) is 21.2. The Labute approximate surface area is 125 Å². The number of piperidine rings is 1. The maximum atomic E-state index is 12.5. The third kappa shape index (κ3) is 3.79. The summed E-state index contributed by atoms with van der Waals surface area (Å²) in [6.45, 7) is 5.54. The van der Waals surface area contributed by atoms with Gasteiger partial charge in [0, 0.05) is 24.0 Å². The highest BCUT2D eigenvalue weighted by Crippen LogP contribution is 2.23. The molecule has 20 heavy (non-hydrogen) atoms. The highest BCUT2D eigenvalue weighted by molar-refractivity contribution is 7.89. The summed E-state index contributed by atoms with van der Waals surface area (Å²) in [4.78, 5) is 3.58. The number of hydrogen-bond acceptors (Lipinski definition) is 5. The van der Waals surface area contributed by atoms with E-state index >= 15 is 0 Å². The van der Waals surface area contributed by atoms with E-state index in [1.165, 1.54) is 11.3 Å². The number of likely N-dealkylation sites (N-methyl/N-ethyl adjacent to an activating group) is 1. The molecule has 1 aromatic rings. The van der Waals surface area contributed by atoms with Gasteiger partial charge in [-0.15, -0.1) is 11.3 Å². The van der Waals surface area contributed by atoms with Gasteiger partial charge in [0.1, 0.15) is 0 Å². The van der Waals surface area contributed by atoms with Crippen molar-refractivity contribution in [3.8, 4) is 0 Å². The third-order valence-corrected chi connectivity index (χ3v) is 6.26. The number of rotatable bonds is 6. The van der Waals surface area contributed by atoms with Gasteiger partial charge in [-0.05, 0) is 44.4 Å². The van der Waals surface area contributed by atoms with Crippen molar-refractivity contribution in [2.24, 2.45) is 0 Å². The second-order valence-corrected chi connectivity index (χ2v) is 7.78. The monoisotopic (exact) mass is 317 g/mol. The van der Waals surface area contributed by atoms with E-state index in [1.807, 2.05) is 12.4 Å². The smallest absolute Gasteiger partial charge is 0.242 e. The number of nitrogens with one attached hydrogen (secondary N) is 2. The van der Waals surface area contributed by atoms with Gasteiger partial charge in [-0.2, -0.15) is 0 Å². The van der Waals surface area contributed by atoms with Crippen LogP contribution in [0.4, 0.5) is 0 Å². The first kappa shape index (κ1) is 15.9. The summed E-state index contributed by atoms with van der Waals surface area (Å²) in [5.74, 6) is 0. The lowest BCUT2D eigenvalue weighted by Gasteiger charge is -2.32. The molecule has 0 amide bonds. The van der Waals surface area contributed by atoms with Crippen LogP contribution in [0.1, 0.15) is 24.6 Å². The standard InChI is InChI=1S/C13H23N3O2S2/c1-3-16-7-4-5-11(10-16)15-20(17,18)13-6-8-19-12(13)9-14-2/h6,8,11,14-15H,3-5,7,9-10H2,1-2H3. The molecule has 0 bridgehead atoms. The Morgan fingerprint density at radius 3 is 3.00 bits per heavy atom. The van der Waals surface area contributed by atoms with E-state index in [0.29, 0.717) is 11.4 Å². The van der Waals surface area contributed by atoms with E-state index in [-0.39, 0.29) is 6.04 Å². The largest absolute Gasteiger partial charge is 0.315 e. The van der Waals surface area contributed by atoms with Crippen molar-refractivity contribution in [2.75, 3.05) is 26.7 Å². The quantitative estimate of drug-likeness (QED) is 0.828. The molecular formula is C13H23N3O2S2. The second kappa shape index (κ2) is 7.00. The average molecular weight is 317 g/mol. The summed E-state index contributed by atoms with van der Waals surface area (Å²) in [7, 11) is -1.58. The van der Waals surface area contributed by atoms with Gasteiger partial charge in [-0.3, -0.25) is 0 Å². The van der Waals surface area contributed by atoms with Gasteiger partial charge in [0.15, 0.2) is 0 Å². The summed E-state index contributed by atoms with van der Waals surface area (Å²) >= 11 is 1.48. The van der Waals surface area contributed by atoms with Crippen LogP contribution < -0.4 is 10.0 Å². The van der Waals surface area contributed by atoms with Crippen LogP contribution in [-0.2, 0) is 16.6 Å². The van der Waals surface area contributed by atoms with Gasteiger partial charge in [0.05, 0.1) is 4.90 Å². The Hall–Kier alpha value is -0.470. The van der Waals surface area contributed by atoms with Crippen molar-refractivity contribution in [1.82, 2.24) is 14.9 Å². The zero-order valence-corrected chi connectivity index (χ0v) is 13.7. The Morgan fingerprint density at radius 2 is 2.30 bits per heavy atom. The molecular weight excluding hydrogens is 294 g/mol. The summed E-state index contributed by atoms with van der Waals surface area (Å²) in [5, 5.41) is 4.85. The Kier molecular flexibility index (Phi) is 5.57. The van der Waals surface area contributed by atoms with Crippen molar-refractivity contribution in [1.29, 1.82) is 0 Å². The van der Waals surface area contributed by atoms with Crippen molar-refractivity contribution >= 4 is 21.4 Å². The molecule has 1 saturated heterocycles. The van der Waals surface area contributed by atoms with Gasteiger partial charge >= 0.3 is 0 Å². The van der Waals surface area contributed by atoms with Crippen molar-refractivity contribution in [3.05, 3.63) is 16.3 Å². The summed E-state index contributed by atoms with van der Waals surface area (Å²) in [6, 6.07) is 1.72. The first-order chi connectivity index (χ1) is 9.56. The van der Waals surface area contributed by atoms with Gasteiger partial charge in [-0.1, -0.05) is 6.92 Å². The maximum Gasteiger partial charge on any atom is 0.242 e. The van der Waals surface area contributed by atoms with Crippen LogP contribution in [0.3, 0.4) is 0 Å². The number of thiophene rings is 1. The molecule has 2 N–H and O–H groups in total. The van der Waals surface area contributed by atoms with E-state index in [9.17, 15) is 8.42 Å². The van der Waals surface area contributed by atoms with Crippen LogP contribution in [0, 0.1) is 0 Å². The molecule has 2 heterocycles. The van der Waals surface area contributed by atoms with E-state index in [4.69, 9.17) is 0 Å². The Morgan fingerprint density at radius 1 is 1.50 bits per heavy atom. The van der Waals surface area contributed by atoms with Crippen LogP contribution in [0.2, 0.25) is 0 Å². The van der Waals surface area contributed by atoms with Crippen LogP contribution in [-0.4, -0.2) is 46.0 Å². The third-order valence-electron chi connectivity index (χ3n) is 3.61. The molecule has 5 nitrogen and oxygen atoms in total. The molecule has 0 saturated carbocycles. The fourth-order valence-electron chi connectivity index (χ4n) is 2.58. The molecule has 1 aromatic heterocycles. The predicted octanol–water partition coefficient (Wildman–Crippen LogP) is 1.23. The Balaban J connectivity index is 2.08. The van der Waals surface area contributed by atoms with E-state index in [1.54, 1.807) is 6.07 Å². The van der Waals surface area contributed by atoms with Crippen LogP contribution >= 0.6 is 11.3 Å². The highest BCUT2D eigenvalue weighted by Gasteiger charge is 2.26. The maximum absolute atomic E-state index is 12.5. The molecule has 0 radical (unpaired) electrons. The SMILES string of the molecule is CCN1CCCC(NS(=O)(=O)c2ccsc2CNC)C1. The fourth-order valence-corrected chi connectivity index (χ4v) is 5.30.